The maximum absolute atomic E-state index is 14.1. The molecule has 7 rings (SSSR count). The van der Waals surface area contributed by atoms with Gasteiger partial charge in [0.05, 0.1) is 23.7 Å². The van der Waals surface area contributed by atoms with Crippen LogP contribution >= 0.6 is 0 Å². The monoisotopic (exact) mass is 639 g/mol. The molecule has 2 amide bonds. The van der Waals surface area contributed by atoms with Gasteiger partial charge in [-0.1, -0.05) is 36.4 Å². The number of carbonyl (C=O) groups excluding carboxylic acids is 2. The molecule has 12 heteroatoms. The number of carbonyl (C=O) groups is 2. The number of nitrogens with one attached hydrogen (secondary N) is 2. The summed E-state index contributed by atoms with van der Waals surface area (Å²) < 4.78 is 1.54. The van der Waals surface area contributed by atoms with Crippen molar-refractivity contribution in [1.82, 2.24) is 44.6 Å². The summed E-state index contributed by atoms with van der Waals surface area (Å²) in [6.45, 7) is 6.47. The number of piperidine rings is 2. The van der Waals surface area contributed by atoms with Crippen molar-refractivity contribution in [1.29, 1.82) is 0 Å². The number of H-pyrrole nitrogens is 2. The number of aromatic amines is 2. The Morgan fingerprint density at radius 2 is 1.60 bits per heavy atom. The van der Waals surface area contributed by atoms with E-state index in [-0.39, 0.29) is 30.0 Å². The summed E-state index contributed by atoms with van der Waals surface area (Å²) in [5.41, 5.74) is 2.61. The SMILES string of the molecule is CN1CCC(N2CCN(C(=O)C(CC(=O)N3CCC(n4nc(-c5ccccc5)[nH]c4=O)CC3)Cc3ccc4[nH]ncc4c3)CC2)CC1. The number of hydrogen-bond donors (Lipinski definition) is 2. The third-order valence-corrected chi connectivity index (χ3v) is 10.4. The van der Waals surface area contributed by atoms with E-state index in [1.54, 1.807) is 6.20 Å². The molecule has 4 aromatic rings. The van der Waals surface area contributed by atoms with Crippen LogP contribution in [0.2, 0.25) is 0 Å². The van der Waals surface area contributed by atoms with E-state index in [1.807, 2.05) is 52.3 Å². The predicted molar refractivity (Wildman–Crippen MR) is 180 cm³/mol. The standard InChI is InChI=1S/C35H45N9O3/c1-40-13-9-29(10-14-40)41-17-19-43(20-18-41)34(46)27(21-25-7-8-31-28(22-25)24-36-38-31)23-32(45)42-15-11-30(12-16-42)44-35(47)37-33(39-44)26-5-3-2-4-6-26/h2-8,22,24,27,29-30H,9-21,23H2,1H3,(H,36,38)(H,37,39,47). The predicted octanol–water partition coefficient (Wildman–Crippen LogP) is 2.77. The van der Waals surface area contributed by atoms with Gasteiger partial charge in [0.15, 0.2) is 5.82 Å². The van der Waals surface area contributed by atoms with Gasteiger partial charge in [-0.25, -0.2) is 9.48 Å². The van der Waals surface area contributed by atoms with E-state index in [0.29, 0.717) is 57.3 Å². The minimum absolute atomic E-state index is 0.00417. The lowest BCUT2D eigenvalue weighted by molar-refractivity contribution is -0.143. The molecule has 248 valence electrons. The van der Waals surface area contributed by atoms with Crippen molar-refractivity contribution < 1.29 is 9.59 Å². The Balaban J connectivity index is 1.000. The summed E-state index contributed by atoms with van der Waals surface area (Å²) in [4.78, 5) is 52.3. The molecule has 0 saturated carbocycles. The van der Waals surface area contributed by atoms with Crippen LogP contribution < -0.4 is 5.69 Å². The van der Waals surface area contributed by atoms with Gasteiger partial charge >= 0.3 is 5.69 Å². The van der Waals surface area contributed by atoms with E-state index in [9.17, 15) is 14.4 Å². The average molecular weight is 640 g/mol. The number of fused-ring (bicyclic) bond motifs is 1. The summed E-state index contributed by atoms with van der Waals surface area (Å²) in [6.07, 6.45) is 6.10. The molecule has 2 aromatic carbocycles. The van der Waals surface area contributed by atoms with Crippen molar-refractivity contribution in [3.63, 3.8) is 0 Å². The zero-order chi connectivity index (χ0) is 32.3. The molecule has 12 nitrogen and oxygen atoms in total. The number of nitrogens with zero attached hydrogens (tertiary/aromatic N) is 7. The number of rotatable bonds is 8. The van der Waals surface area contributed by atoms with Gasteiger partial charge in [0.2, 0.25) is 11.8 Å². The second-order valence-electron chi connectivity index (χ2n) is 13.5. The maximum Gasteiger partial charge on any atom is 0.343 e. The molecule has 3 aliphatic heterocycles. The highest BCUT2D eigenvalue weighted by Crippen LogP contribution is 2.26. The topological polar surface area (TPSA) is 126 Å². The summed E-state index contributed by atoms with van der Waals surface area (Å²) in [5, 5.41) is 12.7. The zero-order valence-corrected chi connectivity index (χ0v) is 27.2. The van der Waals surface area contributed by atoms with Gasteiger partial charge in [-0.3, -0.25) is 24.6 Å². The number of benzene rings is 2. The van der Waals surface area contributed by atoms with E-state index < -0.39 is 5.92 Å². The fraction of sp³-hybridized carbons (Fsp3) is 0.514. The Hall–Kier alpha value is -4.29. The molecule has 1 unspecified atom stereocenters. The molecule has 3 saturated heterocycles. The van der Waals surface area contributed by atoms with Gasteiger partial charge in [0, 0.05) is 62.7 Å². The van der Waals surface area contributed by atoms with Crippen LogP contribution in [0, 0.1) is 5.92 Å². The van der Waals surface area contributed by atoms with Crippen molar-refractivity contribution in [3.8, 4) is 11.4 Å². The minimum Gasteiger partial charge on any atom is -0.343 e. The maximum atomic E-state index is 14.1. The molecular formula is C35H45N9O3. The molecular weight excluding hydrogens is 594 g/mol. The smallest absolute Gasteiger partial charge is 0.343 e. The fourth-order valence-corrected chi connectivity index (χ4v) is 7.59. The lowest BCUT2D eigenvalue weighted by atomic mass is 9.92. The Bertz CT molecular complexity index is 1720. The van der Waals surface area contributed by atoms with Crippen molar-refractivity contribution in [3.05, 3.63) is 70.8 Å². The van der Waals surface area contributed by atoms with Crippen LogP contribution in [-0.2, 0) is 16.0 Å². The third-order valence-electron chi connectivity index (χ3n) is 10.4. The Morgan fingerprint density at radius 1 is 0.872 bits per heavy atom. The van der Waals surface area contributed by atoms with E-state index in [1.165, 1.54) is 17.5 Å². The highest BCUT2D eigenvalue weighted by Gasteiger charge is 2.34. The van der Waals surface area contributed by atoms with Gasteiger partial charge in [0.1, 0.15) is 0 Å². The second kappa shape index (κ2) is 13.8. The molecule has 3 aliphatic rings. The molecule has 0 aliphatic carbocycles. The lowest BCUT2D eigenvalue weighted by Gasteiger charge is -2.43. The Labute approximate surface area is 274 Å². The van der Waals surface area contributed by atoms with Crippen LogP contribution in [0.4, 0.5) is 0 Å². The Kier molecular flexibility index (Phi) is 9.21. The van der Waals surface area contributed by atoms with Crippen LogP contribution in [0.15, 0.2) is 59.5 Å². The van der Waals surface area contributed by atoms with Gasteiger partial charge in [-0.05, 0) is 69.9 Å². The Morgan fingerprint density at radius 3 is 2.34 bits per heavy atom. The molecule has 0 radical (unpaired) electrons. The third kappa shape index (κ3) is 7.03. The van der Waals surface area contributed by atoms with E-state index in [4.69, 9.17) is 0 Å². The highest BCUT2D eigenvalue weighted by molar-refractivity contribution is 5.86. The number of hydrogen-bond acceptors (Lipinski definition) is 7. The molecule has 2 aromatic heterocycles. The first kappa shape index (κ1) is 31.3. The number of amides is 2. The lowest BCUT2D eigenvalue weighted by Crippen LogP contribution is -2.55. The van der Waals surface area contributed by atoms with Gasteiger partial charge in [-0.15, -0.1) is 5.10 Å². The largest absolute Gasteiger partial charge is 0.343 e. The first-order valence-corrected chi connectivity index (χ1v) is 17.1. The van der Waals surface area contributed by atoms with E-state index >= 15 is 0 Å². The van der Waals surface area contributed by atoms with Crippen molar-refractivity contribution in [2.24, 2.45) is 5.92 Å². The van der Waals surface area contributed by atoms with Crippen LogP contribution in [0.3, 0.4) is 0 Å². The number of likely N-dealkylation sites (tertiary alicyclic amines) is 2. The van der Waals surface area contributed by atoms with E-state index in [0.717, 1.165) is 48.2 Å². The van der Waals surface area contributed by atoms with Crippen LogP contribution in [0.5, 0.6) is 0 Å². The normalized spacial score (nSPS) is 19.8. The van der Waals surface area contributed by atoms with E-state index in [2.05, 4.69) is 43.2 Å². The van der Waals surface area contributed by atoms with Gasteiger partial charge < -0.3 is 14.7 Å². The average Bonchev–Trinajstić information content (AvgIpc) is 3.75. The zero-order valence-electron chi connectivity index (χ0n) is 27.2. The molecule has 3 fully saturated rings. The first-order valence-electron chi connectivity index (χ1n) is 17.1. The summed E-state index contributed by atoms with van der Waals surface area (Å²) in [7, 11) is 2.18. The summed E-state index contributed by atoms with van der Waals surface area (Å²) >= 11 is 0. The fourth-order valence-electron chi connectivity index (χ4n) is 7.59. The number of aromatic nitrogens is 5. The summed E-state index contributed by atoms with van der Waals surface area (Å²) in [5.74, 6) is 0.175. The van der Waals surface area contributed by atoms with Crippen LogP contribution in [0.1, 0.15) is 43.7 Å². The number of piperazine rings is 1. The second-order valence-corrected chi connectivity index (χ2v) is 13.5. The quantitative estimate of drug-likeness (QED) is 0.304. The minimum atomic E-state index is -0.443. The molecule has 1 atom stereocenters. The van der Waals surface area contributed by atoms with Crippen molar-refractivity contribution >= 4 is 22.7 Å². The van der Waals surface area contributed by atoms with Gasteiger partial charge in [-0.2, -0.15) is 5.10 Å². The van der Waals surface area contributed by atoms with Crippen molar-refractivity contribution in [2.75, 3.05) is 59.4 Å². The molecule has 2 N–H and O–H groups in total. The molecule has 0 spiro atoms. The van der Waals surface area contributed by atoms with Crippen molar-refractivity contribution in [2.45, 2.75) is 50.6 Å². The van der Waals surface area contributed by atoms with Crippen LogP contribution in [0.25, 0.3) is 22.3 Å². The van der Waals surface area contributed by atoms with Crippen LogP contribution in [-0.4, -0.2) is 122 Å². The highest BCUT2D eigenvalue weighted by atomic mass is 16.2. The molecule has 0 bridgehead atoms. The van der Waals surface area contributed by atoms with Gasteiger partial charge in [0.25, 0.3) is 0 Å². The first-order chi connectivity index (χ1) is 22.9. The molecule has 5 heterocycles. The molecule has 47 heavy (non-hydrogen) atoms. The summed E-state index contributed by atoms with van der Waals surface area (Å²) in [6, 6.07) is 16.2.